The molecule has 2 aromatic heterocycles. The van der Waals surface area contributed by atoms with Crippen molar-refractivity contribution in [2.75, 3.05) is 23.5 Å². The summed E-state index contributed by atoms with van der Waals surface area (Å²) < 4.78 is 13.3. The molecule has 28 heavy (non-hydrogen) atoms. The Bertz CT molecular complexity index is 1040. The SMILES string of the molecule is N=C(c1ccnc2nc(NCCNC(=O)O)[nH]c12)N(O)c1ccc(F)c(Cl)c1. The first kappa shape index (κ1) is 19.3. The van der Waals surface area contributed by atoms with E-state index in [2.05, 4.69) is 25.6 Å². The van der Waals surface area contributed by atoms with Crippen LogP contribution in [0.4, 0.5) is 20.8 Å². The zero-order chi connectivity index (χ0) is 20.3. The molecule has 3 aromatic rings. The molecule has 0 saturated heterocycles. The Morgan fingerprint density at radius 2 is 2.14 bits per heavy atom. The van der Waals surface area contributed by atoms with E-state index < -0.39 is 11.9 Å². The lowest BCUT2D eigenvalue weighted by Gasteiger charge is -2.18. The van der Waals surface area contributed by atoms with E-state index in [1.165, 1.54) is 24.4 Å². The van der Waals surface area contributed by atoms with E-state index in [-0.39, 0.29) is 35.2 Å². The van der Waals surface area contributed by atoms with Crippen LogP contribution in [0.5, 0.6) is 0 Å². The van der Waals surface area contributed by atoms with Crippen LogP contribution in [0.3, 0.4) is 0 Å². The molecule has 12 heteroatoms. The Morgan fingerprint density at radius 3 is 2.86 bits per heavy atom. The number of hydroxylamine groups is 1. The average molecular weight is 408 g/mol. The number of carboxylic acid groups (broad SMARTS) is 1. The van der Waals surface area contributed by atoms with Gasteiger partial charge in [0.25, 0.3) is 0 Å². The van der Waals surface area contributed by atoms with Gasteiger partial charge in [-0.3, -0.25) is 10.6 Å². The second-order valence-electron chi connectivity index (χ2n) is 5.56. The van der Waals surface area contributed by atoms with Gasteiger partial charge in [-0.05, 0) is 24.3 Å². The first-order chi connectivity index (χ1) is 13.4. The molecule has 0 aliphatic rings. The monoisotopic (exact) mass is 407 g/mol. The summed E-state index contributed by atoms with van der Waals surface area (Å²) in [6.45, 7) is 0.442. The zero-order valence-corrected chi connectivity index (χ0v) is 15.0. The smallest absolute Gasteiger partial charge is 0.404 e. The first-order valence-electron chi connectivity index (χ1n) is 7.95. The third kappa shape index (κ3) is 4.10. The number of pyridine rings is 1. The van der Waals surface area contributed by atoms with Gasteiger partial charge in [0.05, 0.1) is 16.2 Å². The number of halogens is 2. The van der Waals surface area contributed by atoms with E-state index in [0.29, 0.717) is 22.2 Å². The molecule has 0 aliphatic heterocycles. The van der Waals surface area contributed by atoms with Crippen LogP contribution in [0.1, 0.15) is 5.56 Å². The van der Waals surface area contributed by atoms with Crippen LogP contribution in [0.15, 0.2) is 30.5 Å². The van der Waals surface area contributed by atoms with E-state index in [0.717, 1.165) is 6.07 Å². The summed E-state index contributed by atoms with van der Waals surface area (Å²) in [5, 5.41) is 32.6. The molecule has 10 nitrogen and oxygen atoms in total. The second kappa shape index (κ2) is 8.06. The summed E-state index contributed by atoms with van der Waals surface area (Å²) in [6.07, 6.45) is 0.293. The number of nitrogens with zero attached hydrogens (tertiary/aromatic N) is 3. The molecule has 0 unspecified atom stereocenters. The number of amides is 1. The summed E-state index contributed by atoms with van der Waals surface area (Å²) in [6, 6.07) is 5.06. The number of imidazole rings is 1. The fraction of sp³-hybridized carbons (Fsp3) is 0.125. The van der Waals surface area contributed by atoms with Crippen molar-refractivity contribution < 1.29 is 19.5 Å². The molecule has 0 spiro atoms. The number of aromatic nitrogens is 3. The summed E-state index contributed by atoms with van der Waals surface area (Å²) >= 11 is 5.73. The fourth-order valence-corrected chi connectivity index (χ4v) is 2.58. The van der Waals surface area contributed by atoms with Crippen molar-refractivity contribution in [1.82, 2.24) is 20.3 Å². The van der Waals surface area contributed by atoms with Gasteiger partial charge >= 0.3 is 6.09 Å². The van der Waals surface area contributed by atoms with Crippen LogP contribution in [-0.4, -0.2) is 50.3 Å². The molecule has 0 bridgehead atoms. The van der Waals surface area contributed by atoms with Gasteiger partial charge in [-0.15, -0.1) is 0 Å². The predicted molar refractivity (Wildman–Crippen MR) is 101 cm³/mol. The molecule has 1 aromatic carbocycles. The predicted octanol–water partition coefficient (Wildman–Crippen LogP) is 2.65. The molecule has 146 valence electrons. The number of anilines is 2. The number of hydrogen-bond acceptors (Lipinski definition) is 6. The maximum absolute atomic E-state index is 13.3. The topological polar surface area (TPSA) is 150 Å². The maximum Gasteiger partial charge on any atom is 0.404 e. The molecular formula is C16H15ClFN7O3. The summed E-state index contributed by atoms with van der Waals surface area (Å²) in [5.41, 5.74) is 1.08. The van der Waals surface area contributed by atoms with Crippen LogP contribution < -0.4 is 15.7 Å². The number of carbonyl (C=O) groups is 1. The Balaban J connectivity index is 1.82. The molecule has 0 fully saturated rings. The first-order valence-corrected chi connectivity index (χ1v) is 8.33. The highest BCUT2D eigenvalue weighted by atomic mass is 35.5. The van der Waals surface area contributed by atoms with Crippen molar-refractivity contribution in [3.05, 3.63) is 46.9 Å². The van der Waals surface area contributed by atoms with Gasteiger partial charge in [0.15, 0.2) is 11.5 Å². The van der Waals surface area contributed by atoms with Crippen LogP contribution in [0.25, 0.3) is 11.2 Å². The van der Waals surface area contributed by atoms with Crippen LogP contribution in [-0.2, 0) is 0 Å². The highest BCUT2D eigenvalue weighted by Crippen LogP contribution is 2.24. The second-order valence-corrected chi connectivity index (χ2v) is 5.97. The summed E-state index contributed by atoms with van der Waals surface area (Å²) in [4.78, 5) is 21.7. The van der Waals surface area contributed by atoms with E-state index in [1.54, 1.807) is 0 Å². The highest BCUT2D eigenvalue weighted by molar-refractivity contribution is 6.31. The van der Waals surface area contributed by atoms with E-state index >= 15 is 0 Å². The number of rotatable bonds is 6. The Labute approximate surface area is 162 Å². The minimum Gasteiger partial charge on any atom is -0.465 e. The van der Waals surface area contributed by atoms with Gasteiger partial charge in [0.2, 0.25) is 5.95 Å². The molecule has 0 radical (unpaired) electrons. The molecule has 3 rings (SSSR count). The normalized spacial score (nSPS) is 10.7. The fourth-order valence-electron chi connectivity index (χ4n) is 2.40. The Kier molecular flexibility index (Phi) is 5.57. The van der Waals surface area contributed by atoms with E-state index in [1.807, 2.05) is 0 Å². The number of aromatic amines is 1. The number of benzene rings is 1. The minimum atomic E-state index is -1.13. The van der Waals surface area contributed by atoms with Crippen molar-refractivity contribution in [2.24, 2.45) is 0 Å². The zero-order valence-electron chi connectivity index (χ0n) is 14.2. The van der Waals surface area contributed by atoms with Crippen LogP contribution >= 0.6 is 11.6 Å². The standard InChI is InChI=1S/C16H15ClFN7O3/c17-10-7-8(1-2-11(10)18)25(28)13(19)9-3-4-20-14-12(9)23-15(24-14)21-5-6-22-16(26)27/h1-4,7,19,22,28H,5-6H2,(H,26,27)(H2,20,21,23,24). The average Bonchev–Trinajstić information content (AvgIpc) is 3.09. The molecule has 2 heterocycles. The van der Waals surface area contributed by atoms with E-state index in [9.17, 15) is 14.4 Å². The lowest BCUT2D eigenvalue weighted by Crippen LogP contribution is -2.27. The molecule has 0 aliphatic carbocycles. The molecular weight excluding hydrogens is 393 g/mol. The van der Waals surface area contributed by atoms with Crippen molar-refractivity contribution in [3.63, 3.8) is 0 Å². The number of amidine groups is 1. The van der Waals surface area contributed by atoms with Gasteiger partial charge < -0.3 is 20.7 Å². The van der Waals surface area contributed by atoms with Crippen molar-refractivity contribution in [3.8, 4) is 0 Å². The number of H-pyrrole nitrogens is 1. The molecule has 1 amide bonds. The van der Waals surface area contributed by atoms with Crippen molar-refractivity contribution >= 4 is 46.3 Å². The number of fused-ring (bicyclic) bond motifs is 1. The third-order valence-electron chi connectivity index (χ3n) is 3.70. The largest absolute Gasteiger partial charge is 0.465 e. The lowest BCUT2D eigenvalue weighted by molar-refractivity contribution is 0.195. The highest BCUT2D eigenvalue weighted by Gasteiger charge is 2.18. The molecule has 0 saturated carbocycles. The number of nitrogens with one attached hydrogen (secondary N) is 4. The van der Waals surface area contributed by atoms with Crippen LogP contribution in [0.2, 0.25) is 5.02 Å². The summed E-state index contributed by atoms with van der Waals surface area (Å²) in [5.74, 6) is -0.625. The van der Waals surface area contributed by atoms with E-state index in [4.69, 9.17) is 22.1 Å². The molecule has 6 N–H and O–H groups in total. The van der Waals surface area contributed by atoms with Crippen molar-refractivity contribution in [2.45, 2.75) is 0 Å². The van der Waals surface area contributed by atoms with Gasteiger partial charge in [0.1, 0.15) is 5.82 Å². The Morgan fingerprint density at radius 1 is 1.36 bits per heavy atom. The van der Waals surface area contributed by atoms with Gasteiger partial charge in [-0.1, -0.05) is 11.6 Å². The maximum atomic E-state index is 13.3. The Hall–Kier alpha value is -3.44. The lowest BCUT2D eigenvalue weighted by atomic mass is 10.2. The van der Waals surface area contributed by atoms with Gasteiger partial charge in [-0.2, -0.15) is 4.98 Å². The quantitative estimate of drug-likeness (QED) is 0.159. The van der Waals surface area contributed by atoms with Gasteiger partial charge in [0, 0.05) is 24.8 Å². The van der Waals surface area contributed by atoms with Crippen molar-refractivity contribution in [1.29, 1.82) is 5.41 Å². The third-order valence-corrected chi connectivity index (χ3v) is 3.99. The summed E-state index contributed by atoms with van der Waals surface area (Å²) in [7, 11) is 0. The number of hydrogen-bond donors (Lipinski definition) is 6. The van der Waals surface area contributed by atoms with Crippen LogP contribution in [0, 0.1) is 11.2 Å². The molecule has 0 atom stereocenters. The minimum absolute atomic E-state index is 0.110. The van der Waals surface area contributed by atoms with Gasteiger partial charge in [-0.25, -0.2) is 19.2 Å².